The molecule has 1 amide bonds. The summed E-state index contributed by atoms with van der Waals surface area (Å²) >= 11 is 0. The maximum Gasteiger partial charge on any atom is 0.330 e. The van der Waals surface area contributed by atoms with Crippen LogP contribution in [0, 0.1) is 18.3 Å². The second-order valence-electron chi connectivity index (χ2n) is 8.50. The Bertz CT molecular complexity index is 1230. The lowest BCUT2D eigenvalue weighted by molar-refractivity contribution is -0.144. The van der Waals surface area contributed by atoms with Gasteiger partial charge in [0, 0.05) is 24.9 Å². The first-order chi connectivity index (χ1) is 15.9. The van der Waals surface area contributed by atoms with Crippen molar-refractivity contribution in [2.45, 2.75) is 31.7 Å². The van der Waals surface area contributed by atoms with Gasteiger partial charge in [-0.25, -0.2) is 4.79 Å². The number of carbonyl (C=O) groups is 2. The van der Waals surface area contributed by atoms with Crippen LogP contribution in [0.3, 0.4) is 0 Å². The lowest BCUT2D eigenvalue weighted by Gasteiger charge is -2.25. The maximum atomic E-state index is 13.1. The van der Waals surface area contributed by atoms with Crippen LogP contribution in [0.4, 0.5) is 5.69 Å². The van der Waals surface area contributed by atoms with E-state index >= 15 is 0 Å². The molecule has 6 heteroatoms. The molecule has 0 fully saturated rings. The van der Waals surface area contributed by atoms with Gasteiger partial charge < -0.3 is 15.7 Å². The molecule has 0 unspecified atom stereocenters. The third-order valence-electron chi connectivity index (χ3n) is 6.08. The van der Waals surface area contributed by atoms with Crippen LogP contribution in [-0.2, 0) is 24.1 Å². The van der Waals surface area contributed by atoms with Crippen LogP contribution in [0.5, 0.6) is 0 Å². The summed E-state index contributed by atoms with van der Waals surface area (Å²) in [6.45, 7) is 2.64. The van der Waals surface area contributed by atoms with Crippen molar-refractivity contribution in [3.63, 3.8) is 0 Å². The van der Waals surface area contributed by atoms with Gasteiger partial charge in [0.05, 0.1) is 11.3 Å². The first-order valence-electron chi connectivity index (χ1n) is 10.9. The lowest BCUT2D eigenvalue weighted by atomic mass is 9.95. The topological polar surface area (TPSA) is 102 Å². The van der Waals surface area contributed by atoms with E-state index in [0.717, 1.165) is 17.5 Å². The zero-order valence-corrected chi connectivity index (χ0v) is 18.4. The highest BCUT2D eigenvalue weighted by Gasteiger charge is 2.45. The molecule has 3 N–H and O–H groups in total. The van der Waals surface area contributed by atoms with Crippen LogP contribution < -0.4 is 10.6 Å². The van der Waals surface area contributed by atoms with E-state index in [1.807, 2.05) is 43.3 Å². The number of fused-ring (bicyclic) bond motifs is 1. The van der Waals surface area contributed by atoms with Gasteiger partial charge in [0.1, 0.15) is 11.6 Å². The monoisotopic (exact) mass is 439 g/mol. The number of hydrogen-bond acceptors (Lipinski definition) is 4. The Morgan fingerprint density at radius 3 is 2.39 bits per heavy atom. The average molecular weight is 440 g/mol. The summed E-state index contributed by atoms with van der Waals surface area (Å²) in [7, 11) is 0. The Labute approximate surface area is 192 Å². The van der Waals surface area contributed by atoms with Gasteiger partial charge in [-0.2, -0.15) is 5.26 Å². The van der Waals surface area contributed by atoms with E-state index in [9.17, 15) is 20.0 Å². The number of nitriles is 1. The molecule has 4 rings (SSSR count). The number of benzene rings is 3. The highest BCUT2D eigenvalue weighted by Crippen LogP contribution is 2.31. The number of hydrogen-bond donors (Lipinski definition) is 3. The fraction of sp³-hybridized carbons (Fsp3) is 0.222. The molecule has 0 spiro atoms. The molecule has 0 heterocycles. The number of nitrogens with one attached hydrogen (secondary N) is 2. The molecule has 6 nitrogen and oxygen atoms in total. The van der Waals surface area contributed by atoms with E-state index in [-0.39, 0.29) is 12.8 Å². The number of rotatable bonds is 7. The van der Waals surface area contributed by atoms with Crippen LogP contribution in [0.15, 0.2) is 66.7 Å². The third-order valence-corrected chi connectivity index (χ3v) is 6.08. The van der Waals surface area contributed by atoms with Crippen molar-refractivity contribution in [3.8, 4) is 6.07 Å². The number of anilines is 1. The zero-order chi connectivity index (χ0) is 23.4. The van der Waals surface area contributed by atoms with Crippen molar-refractivity contribution in [1.82, 2.24) is 5.32 Å². The summed E-state index contributed by atoms with van der Waals surface area (Å²) in [4.78, 5) is 25.2. The van der Waals surface area contributed by atoms with Gasteiger partial charge in [0.2, 0.25) is 0 Å². The SMILES string of the molecule is Cc1cccc(CCNc2cc(C(=O)NC3(C(=O)O)Cc4ccccc4C3)ccc2C#N)c1. The number of carbonyl (C=O) groups excluding carboxylic acids is 1. The van der Waals surface area contributed by atoms with E-state index in [2.05, 4.69) is 28.8 Å². The summed E-state index contributed by atoms with van der Waals surface area (Å²) in [5.41, 5.74) is 4.13. The maximum absolute atomic E-state index is 13.1. The molecule has 0 radical (unpaired) electrons. The van der Waals surface area contributed by atoms with E-state index in [0.29, 0.717) is 23.4 Å². The smallest absolute Gasteiger partial charge is 0.330 e. The van der Waals surface area contributed by atoms with Crippen molar-refractivity contribution in [2.24, 2.45) is 0 Å². The minimum absolute atomic E-state index is 0.238. The Kier molecular flexibility index (Phi) is 6.14. The second-order valence-corrected chi connectivity index (χ2v) is 8.50. The van der Waals surface area contributed by atoms with Crippen molar-refractivity contribution >= 4 is 17.6 Å². The average Bonchev–Trinajstić information content (AvgIpc) is 3.18. The zero-order valence-electron chi connectivity index (χ0n) is 18.4. The minimum atomic E-state index is -1.38. The summed E-state index contributed by atoms with van der Waals surface area (Å²) < 4.78 is 0. The number of nitrogens with zero attached hydrogens (tertiary/aromatic N) is 1. The van der Waals surface area contributed by atoms with Crippen molar-refractivity contribution < 1.29 is 14.7 Å². The van der Waals surface area contributed by atoms with Crippen LogP contribution >= 0.6 is 0 Å². The Hall–Kier alpha value is -4.11. The van der Waals surface area contributed by atoms with Crippen molar-refractivity contribution in [2.75, 3.05) is 11.9 Å². The molecule has 1 aliphatic rings. The van der Waals surface area contributed by atoms with Gasteiger partial charge >= 0.3 is 5.97 Å². The van der Waals surface area contributed by atoms with Gasteiger partial charge in [-0.1, -0.05) is 54.1 Å². The molecule has 0 aromatic heterocycles. The summed E-state index contributed by atoms with van der Waals surface area (Å²) in [5.74, 6) is -1.53. The van der Waals surface area contributed by atoms with E-state index in [1.54, 1.807) is 18.2 Å². The first kappa shape index (κ1) is 22.1. The molecule has 3 aromatic rings. The molecular formula is C27H25N3O3. The molecule has 3 aromatic carbocycles. The van der Waals surface area contributed by atoms with Crippen LogP contribution in [-0.4, -0.2) is 29.1 Å². The number of aryl methyl sites for hydroxylation is 1. The lowest BCUT2D eigenvalue weighted by Crippen LogP contribution is -2.55. The van der Waals surface area contributed by atoms with Crippen molar-refractivity contribution in [3.05, 3.63) is 100 Å². The summed E-state index contributed by atoms with van der Waals surface area (Å²) in [6.07, 6.45) is 1.24. The van der Waals surface area contributed by atoms with Gasteiger partial charge in [-0.05, 0) is 48.2 Å². The molecule has 33 heavy (non-hydrogen) atoms. The molecule has 0 saturated carbocycles. The van der Waals surface area contributed by atoms with Crippen molar-refractivity contribution in [1.29, 1.82) is 5.26 Å². The predicted molar refractivity (Wildman–Crippen MR) is 126 cm³/mol. The van der Waals surface area contributed by atoms with Crippen LogP contribution in [0.2, 0.25) is 0 Å². The largest absolute Gasteiger partial charge is 0.479 e. The molecule has 0 bridgehead atoms. The van der Waals surface area contributed by atoms with Gasteiger partial charge in [-0.3, -0.25) is 4.79 Å². The molecule has 0 saturated heterocycles. The second kappa shape index (κ2) is 9.17. The molecular weight excluding hydrogens is 414 g/mol. The van der Waals surface area contributed by atoms with E-state index < -0.39 is 17.4 Å². The molecule has 166 valence electrons. The van der Waals surface area contributed by atoms with E-state index in [1.165, 1.54) is 11.1 Å². The number of carboxylic acids is 1. The molecule has 0 aliphatic heterocycles. The Morgan fingerprint density at radius 1 is 1.03 bits per heavy atom. The Balaban J connectivity index is 1.50. The third kappa shape index (κ3) is 4.73. The fourth-order valence-corrected chi connectivity index (χ4v) is 4.34. The fourth-order valence-electron chi connectivity index (χ4n) is 4.34. The normalized spacial score (nSPS) is 13.6. The predicted octanol–water partition coefficient (Wildman–Crippen LogP) is 3.87. The highest BCUT2D eigenvalue weighted by atomic mass is 16.4. The standard InChI is InChI=1S/C27H25N3O3/c1-18-5-4-6-19(13-18)11-12-29-24-14-20(9-10-23(24)17-28)25(31)30-27(26(32)33)15-21-7-2-3-8-22(21)16-27/h2-10,13-14,29H,11-12,15-16H2,1H3,(H,30,31)(H,32,33). The number of carboxylic acid groups (broad SMARTS) is 1. The van der Waals surface area contributed by atoms with E-state index in [4.69, 9.17) is 0 Å². The summed E-state index contributed by atoms with van der Waals surface area (Å²) in [5, 5.41) is 25.4. The highest BCUT2D eigenvalue weighted by molar-refractivity contribution is 5.99. The van der Waals surface area contributed by atoms with Crippen LogP contribution in [0.25, 0.3) is 0 Å². The minimum Gasteiger partial charge on any atom is -0.479 e. The van der Waals surface area contributed by atoms with Gasteiger partial charge in [0.15, 0.2) is 0 Å². The molecule has 1 aliphatic carbocycles. The number of aliphatic carboxylic acids is 1. The molecule has 0 atom stereocenters. The first-order valence-corrected chi connectivity index (χ1v) is 10.9. The summed E-state index contributed by atoms with van der Waals surface area (Å²) in [6, 6.07) is 22.6. The van der Waals surface area contributed by atoms with Crippen LogP contribution in [0.1, 0.15) is 38.2 Å². The quantitative estimate of drug-likeness (QED) is 0.519. The van der Waals surface area contributed by atoms with Gasteiger partial charge in [-0.15, -0.1) is 0 Å². The Morgan fingerprint density at radius 2 is 1.76 bits per heavy atom. The number of amides is 1. The van der Waals surface area contributed by atoms with Gasteiger partial charge in [0.25, 0.3) is 5.91 Å².